The predicted molar refractivity (Wildman–Crippen MR) is 105 cm³/mol. The summed E-state index contributed by atoms with van der Waals surface area (Å²) in [5.74, 6) is 0.780. The van der Waals surface area contributed by atoms with E-state index in [-0.39, 0.29) is 0 Å². The van der Waals surface area contributed by atoms with Crippen LogP contribution in [0, 0.1) is 25.7 Å². The van der Waals surface area contributed by atoms with Crippen molar-refractivity contribution >= 4 is 5.71 Å². The lowest BCUT2D eigenvalue weighted by Gasteiger charge is -2.03. The molecule has 1 aromatic rings. The summed E-state index contributed by atoms with van der Waals surface area (Å²) >= 11 is 0. The number of aryl methyl sites for hydroxylation is 1. The quantitative estimate of drug-likeness (QED) is 0.478. The predicted octanol–water partition coefficient (Wildman–Crippen LogP) is 5.99. The van der Waals surface area contributed by atoms with E-state index in [0.29, 0.717) is 6.04 Å². The van der Waals surface area contributed by atoms with Crippen LogP contribution in [0.1, 0.15) is 51.2 Å². The topological polar surface area (TPSA) is 12.4 Å². The molecular weight excluding hydrogens is 278 g/mol. The number of hydrogen-bond acceptors (Lipinski definition) is 1. The fourth-order valence-electron chi connectivity index (χ4n) is 2.41. The van der Waals surface area contributed by atoms with Crippen LogP contribution < -0.4 is 0 Å². The molecule has 2 rings (SSSR count). The molecule has 1 unspecified atom stereocenters. The van der Waals surface area contributed by atoms with Crippen LogP contribution in [-0.4, -0.2) is 11.8 Å². The lowest BCUT2D eigenvalue weighted by atomic mass is 10.0. The first-order valence-electron chi connectivity index (χ1n) is 8.28. The van der Waals surface area contributed by atoms with Gasteiger partial charge in [-0.2, -0.15) is 0 Å². The first-order valence-corrected chi connectivity index (χ1v) is 8.28. The van der Waals surface area contributed by atoms with E-state index < -0.39 is 0 Å². The number of benzene rings is 1. The Kier molecular flexibility index (Phi) is 11.3. The van der Waals surface area contributed by atoms with Gasteiger partial charge in [-0.1, -0.05) is 56.3 Å². The molecule has 0 amide bonds. The summed E-state index contributed by atoms with van der Waals surface area (Å²) < 4.78 is 0. The van der Waals surface area contributed by atoms with Crippen LogP contribution in [0.3, 0.4) is 0 Å². The van der Waals surface area contributed by atoms with Crippen molar-refractivity contribution in [3.63, 3.8) is 0 Å². The van der Waals surface area contributed by atoms with Gasteiger partial charge in [0.1, 0.15) is 0 Å². The first-order chi connectivity index (χ1) is 11.1. The van der Waals surface area contributed by atoms with E-state index in [1.54, 1.807) is 0 Å². The van der Waals surface area contributed by atoms with E-state index >= 15 is 0 Å². The molecular formula is C22H31N. The van der Waals surface area contributed by atoms with Crippen molar-refractivity contribution in [2.75, 3.05) is 0 Å². The van der Waals surface area contributed by atoms with Gasteiger partial charge in [-0.3, -0.25) is 4.99 Å². The first kappa shape index (κ1) is 20.9. The fourth-order valence-corrected chi connectivity index (χ4v) is 2.41. The Balaban J connectivity index is 0.000000515. The van der Waals surface area contributed by atoms with Crippen LogP contribution >= 0.6 is 0 Å². The summed E-state index contributed by atoms with van der Waals surface area (Å²) in [5.41, 5.74) is 3.93. The van der Waals surface area contributed by atoms with Crippen LogP contribution in [0.5, 0.6) is 0 Å². The van der Waals surface area contributed by atoms with Gasteiger partial charge in [0.2, 0.25) is 0 Å². The smallest absolute Gasteiger partial charge is 0.0687 e. The van der Waals surface area contributed by atoms with Gasteiger partial charge in [0.15, 0.2) is 0 Å². The summed E-state index contributed by atoms with van der Waals surface area (Å²) in [6.45, 7) is 12.2. The SMILES string of the molecule is C#C.C/C=C/C1CCC(c2ccccc2C)=N1.C=CCC(C)C. The molecule has 0 fully saturated rings. The highest BCUT2D eigenvalue weighted by atomic mass is 14.8. The Morgan fingerprint density at radius 2 is 1.96 bits per heavy atom. The average Bonchev–Trinajstić information content (AvgIpc) is 2.99. The van der Waals surface area contributed by atoms with E-state index in [4.69, 9.17) is 4.99 Å². The van der Waals surface area contributed by atoms with Crippen LogP contribution in [0.2, 0.25) is 0 Å². The highest BCUT2D eigenvalue weighted by Crippen LogP contribution is 2.21. The highest BCUT2D eigenvalue weighted by Gasteiger charge is 2.16. The van der Waals surface area contributed by atoms with Crippen molar-refractivity contribution in [2.24, 2.45) is 10.9 Å². The van der Waals surface area contributed by atoms with E-state index in [0.717, 1.165) is 25.2 Å². The van der Waals surface area contributed by atoms with Crippen LogP contribution in [-0.2, 0) is 0 Å². The van der Waals surface area contributed by atoms with Gasteiger partial charge in [0.05, 0.1) is 6.04 Å². The zero-order valence-corrected chi connectivity index (χ0v) is 15.1. The molecule has 1 aromatic carbocycles. The Morgan fingerprint density at radius 3 is 2.43 bits per heavy atom. The molecule has 0 N–H and O–H groups in total. The van der Waals surface area contributed by atoms with Crippen molar-refractivity contribution < 1.29 is 0 Å². The Hall–Kier alpha value is -2.07. The Morgan fingerprint density at radius 1 is 1.30 bits per heavy atom. The standard InChI is InChI=1S/C14H17N.C6H12.C2H2/c1-3-6-12-9-10-14(15-12)13-8-5-4-7-11(13)2;1-4-5-6(2)3;1-2/h3-8,12H,9-10H2,1-2H3;4,6H,1,5H2,2-3H3;1-2H/b6-3+;;. The molecule has 1 nitrogen and oxygen atoms in total. The van der Waals surface area contributed by atoms with Crippen LogP contribution in [0.15, 0.2) is 54.1 Å². The summed E-state index contributed by atoms with van der Waals surface area (Å²) in [6.07, 6.45) is 17.6. The summed E-state index contributed by atoms with van der Waals surface area (Å²) in [4.78, 5) is 4.74. The Labute approximate surface area is 143 Å². The summed E-state index contributed by atoms with van der Waals surface area (Å²) in [5, 5.41) is 0. The number of allylic oxidation sites excluding steroid dienone is 2. The van der Waals surface area contributed by atoms with Crippen molar-refractivity contribution in [3.8, 4) is 12.8 Å². The molecule has 0 spiro atoms. The largest absolute Gasteiger partial charge is 0.282 e. The highest BCUT2D eigenvalue weighted by molar-refractivity contribution is 6.02. The minimum absolute atomic E-state index is 0.407. The maximum Gasteiger partial charge on any atom is 0.0687 e. The van der Waals surface area contributed by atoms with Crippen LogP contribution in [0.4, 0.5) is 0 Å². The van der Waals surface area contributed by atoms with Crippen molar-refractivity contribution in [1.29, 1.82) is 0 Å². The minimum atomic E-state index is 0.407. The van der Waals surface area contributed by atoms with Crippen LogP contribution in [0.25, 0.3) is 0 Å². The van der Waals surface area contributed by atoms with Crippen molar-refractivity contribution in [1.82, 2.24) is 0 Å². The van der Waals surface area contributed by atoms with Gasteiger partial charge in [-0.15, -0.1) is 19.4 Å². The van der Waals surface area contributed by atoms with Crippen molar-refractivity contribution in [2.45, 2.75) is 53.0 Å². The average molecular weight is 309 g/mol. The van der Waals surface area contributed by atoms with E-state index in [1.807, 2.05) is 6.08 Å². The molecule has 124 valence electrons. The molecule has 0 aromatic heterocycles. The second-order valence-electron chi connectivity index (χ2n) is 5.94. The van der Waals surface area contributed by atoms with E-state index in [2.05, 4.69) is 83.5 Å². The maximum atomic E-state index is 4.74. The molecule has 1 aliphatic rings. The molecule has 1 heterocycles. The zero-order valence-electron chi connectivity index (χ0n) is 15.1. The minimum Gasteiger partial charge on any atom is -0.282 e. The zero-order chi connectivity index (χ0) is 17.7. The number of nitrogens with zero attached hydrogens (tertiary/aromatic N) is 1. The summed E-state index contributed by atoms with van der Waals surface area (Å²) in [7, 11) is 0. The molecule has 0 radical (unpaired) electrons. The van der Waals surface area contributed by atoms with Gasteiger partial charge >= 0.3 is 0 Å². The maximum absolute atomic E-state index is 4.74. The fraction of sp³-hybridized carbons (Fsp3) is 0.409. The monoisotopic (exact) mass is 309 g/mol. The molecule has 0 bridgehead atoms. The molecule has 1 aliphatic heterocycles. The van der Waals surface area contributed by atoms with E-state index in [1.165, 1.54) is 16.8 Å². The lowest BCUT2D eigenvalue weighted by molar-refractivity contribution is 0.664. The number of hydrogen-bond donors (Lipinski definition) is 0. The third-order valence-corrected chi connectivity index (χ3v) is 3.51. The molecule has 0 saturated carbocycles. The second kappa shape index (κ2) is 12.5. The third-order valence-electron chi connectivity index (χ3n) is 3.51. The van der Waals surface area contributed by atoms with Gasteiger partial charge in [0.25, 0.3) is 0 Å². The Bertz CT molecular complexity index is 532. The number of aliphatic imine (C=N–C) groups is 1. The molecule has 1 heteroatoms. The van der Waals surface area contributed by atoms with Gasteiger partial charge in [0, 0.05) is 5.71 Å². The van der Waals surface area contributed by atoms with Crippen molar-refractivity contribution in [3.05, 3.63) is 60.2 Å². The molecule has 0 saturated heterocycles. The molecule has 1 atom stereocenters. The lowest BCUT2D eigenvalue weighted by Crippen LogP contribution is -1.98. The van der Waals surface area contributed by atoms with Gasteiger partial charge in [-0.05, 0) is 50.2 Å². The third kappa shape index (κ3) is 8.21. The number of rotatable bonds is 4. The van der Waals surface area contributed by atoms with Gasteiger partial charge < -0.3 is 0 Å². The molecule has 23 heavy (non-hydrogen) atoms. The molecule has 0 aliphatic carbocycles. The number of terminal acetylenes is 1. The van der Waals surface area contributed by atoms with E-state index in [9.17, 15) is 0 Å². The van der Waals surface area contributed by atoms with Gasteiger partial charge in [-0.25, -0.2) is 0 Å². The second-order valence-corrected chi connectivity index (χ2v) is 5.94. The normalized spacial score (nSPS) is 16.1. The summed E-state index contributed by atoms with van der Waals surface area (Å²) in [6, 6.07) is 8.91.